The molecule has 2 aromatic rings. The van der Waals surface area contributed by atoms with Crippen LogP contribution < -0.4 is 0 Å². The molecule has 0 radical (unpaired) electrons. The fourth-order valence-corrected chi connectivity index (χ4v) is 3.66. The summed E-state index contributed by atoms with van der Waals surface area (Å²) in [6.45, 7) is 4.25. The molecule has 0 N–H and O–H groups in total. The van der Waals surface area contributed by atoms with Crippen molar-refractivity contribution >= 4 is 16.9 Å². The lowest BCUT2D eigenvalue weighted by Crippen LogP contribution is -2.11. The zero-order chi connectivity index (χ0) is 20.7. The maximum absolute atomic E-state index is 12.5. The molecular formula is C26H39NO2. The van der Waals surface area contributed by atoms with Crippen molar-refractivity contribution in [1.82, 2.24) is 4.98 Å². The van der Waals surface area contributed by atoms with Gasteiger partial charge in [0.2, 0.25) is 5.78 Å². The van der Waals surface area contributed by atoms with Crippen LogP contribution in [-0.4, -0.2) is 10.8 Å². The number of hydrogen-bond donors (Lipinski definition) is 0. The molecule has 0 bridgehead atoms. The van der Waals surface area contributed by atoms with Gasteiger partial charge in [-0.15, -0.1) is 0 Å². The van der Waals surface area contributed by atoms with Gasteiger partial charge in [0.25, 0.3) is 5.89 Å². The monoisotopic (exact) mass is 397 g/mol. The van der Waals surface area contributed by atoms with Crippen molar-refractivity contribution in [3.05, 3.63) is 42.3 Å². The Morgan fingerprint density at radius 2 is 1.55 bits per heavy atom. The number of nitrogens with zero attached hydrogens (tertiary/aromatic N) is 1. The summed E-state index contributed by atoms with van der Waals surface area (Å²) in [7, 11) is 0. The van der Waals surface area contributed by atoms with E-state index in [1.54, 1.807) is 0 Å². The first-order valence-electron chi connectivity index (χ1n) is 11.8. The molecule has 0 saturated carbocycles. The molecule has 1 heterocycles. The number of Topliss-reactive ketones (excluding diaryl/α,β-unsaturated/α-hetero) is 1. The smallest absolute Gasteiger partial charge is 0.264 e. The van der Waals surface area contributed by atoms with Crippen LogP contribution in [0.25, 0.3) is 11.1 Å². The zero-order valence-corrected chi connectivity index (χ0v) is 18.5. The lowest BCUT2D eigenvalue weighted by Gasteiger charge is -2.07. The number of oxazole rings is 1. The summed E-state index contributed by atoms with van der Waals surface area (Å²) >= 11 is 0. The Bertz CT molecular complexity index is 698. The second kappa shape index (κ2) is 14.1. The van der Waals surface area contributed by atoms with Crippen LogP contribution in [0.3, 0.4) is 0 Å². The number of benzene rings is 1. The topological polar surface area (TPSA) is 43.1 Å². The number of hydrogen-bond acceptors (Lipinski definition) is 3. The molecule has 29 heavy (non-hydrogen) atoms. The Balaban J connectivity index is 1.48. The number of rotatable bonds is 16. The van der Waals surface area contributed by atoms with Crippen LogP contribution in [0.1, 0.15) is 108 Å². The van der Waals surface area contributed by atoms with Gasteiger partial charge in [-0.3, -0.25) is 4.79 Å². The predicted octanol–water partition coefficient (Wildman–Crippen LogP) is 8.29. The van der Waals surface area contributed by atoms with Crippen molar-refractivity contribution in [2.75, 3.05) is 0 Å². The summed E-state index contributed by atoms with van der Waals surface area (Å²) in [5, 5.41) is 0. The fraction of sp³-hybridized carbons (Fsp3) is 0.615. The van der Waals surface area contributed by atoms with Crippen LogP contribution in [0.4, 0.5) is 0 Å². The van der Waals surface area contributed by atoms with Crippen molar-refractivity contribution < 1.29 is 9.21 Å². The van der Waals surface area contributed by atoms with Crippen molar-refractivity contribution in [3.63, 3.8) is 0 Å². The molecule has 1 atom stereocenters. The number of unbranched alkanes of at least 4 members (excludes halogenated alkanes) is 10. The van der Waals surface area contributed by atoms with Crippen molar-refractivity contribution in [1.29, 1.82) is 0 Å². The maximum atomic E-state index is 12.5. The van der Waals surface area contributed by atoms with Gasteiger partial charge in [-0.2, -0.15) is 0 Å². The normalized spacial score (nSPS) is 12.8. The number of carbonyl (C=O) groups excluding carboxylic acids is 1. The van der Waals surface area contributed by atoms with E-state index in [1.807, 2.05) is 31.2 Å². The number of ketones is 1. The molecule has 3 nitrogen and oxygen atoms in total. The molecule has 0 spiro atoms. The summed E-state index contributed by atoms with van der Waals surface area (Å²) in [5.74, 6) is 0.258. The van der Waals surface area contributed by atoms with E-state index < -0.39 is 0 Å². The molecule has 0 saturated heterocycles. The third kappa shape index (κ3) is 8.97. The van der Waals surface area contributed by atoms with Crippen LogP contribution in [0, 0.1) is 5.92 Å². The molecule has 2 rings (SSSR count). The second-order valence-electron chi connectivity index (χ2n) is 8.27. The summed E-state index contributed by atoms with van der Waals surface area (Å²) < 4.78 is 5.61. The van der Waals surface area contributed by atoms with E-state index in [1.165, 1.54) is 70.6 Å². The lowest BCUT2D eigenvalue weighted by atomic mass is 9.98. The third-order valence-corrected chi connectivity index (χ3v) is 5.60. The Morgan fingerprint density at radius 1 is 0.931 bits per heavy atom. The van der Waals surface area contributed by atoms with Gasteiger partial charge in [-0.25, -0.2) is 4.98 Å². The van der Waals surface area contributed by atoms with E-state index >= 15 is 0 Å². The Morgan fingerprint density at radius 3 is 2.24 bits per heavy atom. The van der Waals surface area contributed by atoms with E-state index in [2.05, 4.69) is 24.1 Å². The van der Waals surface area contributed by atoms with Crippen LogP contribution in [0.15, 0.2) is 40.8 Å². The van der Waals surface area contributed by atoms with Gasteiger partial charge in [0.1, 0.15) is 5.52 Å². The van der Waals surface area contributed by atoms with Gasteiger partial charge < -0.3 is 4.42 Å². The minimum atomic E-state index is -0.0275. The highest BCUT2D eigenvalue weighted by molar-refractivity contribution is 5.95. The molecule has 1 unspecified atom stereocenters. The van der Waals surface area contributed by atoms with E-state index in [0.29, 0.717) is 5.58 Å². The Labute approximate surface area is 177 Å². The van der Waals surface area contributed by atoms with Gasteiger partial charge >= 0.3 is 0 Å². The number of fused-ring (bicyclic) bond motifs is 1. The first-order valence-corrected chi connectivity index (χ1v) is 11.8. The molecule has 160 valence electrons. The van der Waals surface area contributed by atoms with Crippen LogP contribution in [-0.2, 0) is 0 Å². The molecule has 3 heteroatoms. The van der Waals surface area contributed by atoms with E-state index in [-0.39, 0.29) is 17.6 Å². The third-order valence-electron chi connectivity index (χ3n) is 5.60. The SMILES string of the molecule is CCCCCCCC/C=C\CCCCCCC(C)C(=O)c1nc2ccccc2o1. The summed E-state index contributed by atoms with van der Waals surface area (Å²) in [4.78, 5) is 16.8. The van der Waals surface area contributed by atoms with E-state index in [4.69, 9.17) is 4.42 Å². The minimum absolute atomic E-state index is 0.0267. The summed E-state index contributed by atoms with van der Waals surface area (Å²) in [6.07, 6.45) is 21.1. The van der Waals surface area contributed by atoms with E-state index in [9.17, 15) is 4.79 Å². The molecule has 0 aliphatic carbocycles. The highest BCUT2D eigenvalue weighted by atomic mass is 16.4. The Kier molecular flexibility index (Phi) is 11.4. The summed E-state index contributed by atoms with van der Waals surface area (Å²) in [6, 6.07) is 7.54. The highest BCUT2D eigenvalue weighted by Gasteiger charge is 2.20. The van der Waals surface area contributed by atoms with Gasteiger partial charge in [0.05, 0.1) is 0 Å². The lowest BCUT2D eigenvalue weighted by molar-refractivity contribution is 0.0889. The molecule has 0 amide bonds. The average Bonchev–Trinajstić information content (AvgIpc) is 3.17. The largest absolute Gasteiger partial charge is 0.434 e. The van der Waals surface area contributed by atoms with Crippen LogP contribution >= 0.6 is 0 Å². The van der Waals surface area contributed by atoms with Crippen LogP contribution in [0.2, 0.25) is 0 Å². The molecule has 1 aromatic heterocycles. The fourth-order valence-electron chi connectivity index (χ4n) is 3.66. The van der Waals surface area contributed by atoms with Gasteiger partial charge in [-0.1, -0.05) is 89.5 Å². The number of aromatic nitrogens is 1. The van der Waals surface area contributed by atoms with Crippen molar-refractivity contribution in [2.45, 2.75) is 97.3 Å². The molecular weight excluding hydrogens is 358 g/mol. The van der Waals surface area contributed by atoms with Crippen molar-refractivity contribution in [2.24, 2.45) is 5.92 Å². The predicted molar refractivity (Wildman–Crippen MR) is 122 cm³/mol. The number of allylic oxidation sites excluding steroid dienone is 2. The molecule has 1 aromatic carbocycles. The molecule has 0 aliphatic heterocycles. The standard InChI is InChI=1S/C26H39NO2/c1-3-4-5-6-7-8-9-10-11-12-13-14-15-16-19-22(2)25(28)26-27-23-20-17-18-21-24(23)29-26/h10-11,17-18,20-22H,3-9,12-16,19H2,1-2H3/b11-10-. The second-order valence-corrected chi connectivity index (χ2v) is 8.27. The average molecular weight is 398 g/mol. The van der Waals surface area contributed by atoms with Gasteiger partial charge in [0, 0.05) is 5.92 Å². The Hall–Kier alpha value is -1.90. The minimum Gasteiger partial charge on any atom is -0.434 e. The highest BCUT2D eigenvalue weighted by Crippen LogP contribution is 2.20. The summed E-state index contributed by atoms with van der Waals surface area (Å²) in [5.41, 5.74) is 1.44. The molecule has 0 aliphatic rings. The quantitative estimate of drug-likeness (QED) is 0.162. The first-order chi connectivity index (χ1) is 14.2. The van der Waals surface area contributed by atoms with E-state index in [0.717, 1.165) is 18.4 Å². The number of carbonyl (C=O) groups is 1. The molecule has 0 fully saturated rings. The maximum Gasteiger partial charge on any atom is 0.264 e. The number of para-hydroxylation sites is 2. The zero-order valence-electron chi connectivity index (χ0n) is 18.5. The van der Waals surface area contributed by atoms with Gasteiger partial charge in [0.15, 0.2) is 5.58 Å². The van der Waals surface area contributed by atoms with Crippen molar-refractivity contribution in [3.8, 4) is 0 Å². The first kappa shape index (κ1) is 23.4. The van der Waals surface area contributed by atoms with Gasteiger partial charge in [-0.05, 0) is 44.2 Å². The van der Waals surface area contributed by atoms with Crippen LogP contribution in [0.5, 0.6) is 0 Å².